The van der Waals surface area contributed by atoms with Gasteiger partial charge in [0, 0.05) is 11.1 Å². The number of hydrogen-bond donors (Lipinski definition) is 2. The predicted octanol–water partition coefficient (Wildman–Crippen LogP) is 4.65. The van der Waals surface area contributed by atoms with Crippen LogP contribution in [0.25, 0.3) is 11.0 Å². The van der Waals surface area contributed by atoms with E-state index in [0.717, 1.165) is 12.1 Å². The summed E-state index contributed by atoms with van der Waals surface area (Å²) in [6, 6.07) is 11.5. The minimum absolute atomic E-state index is 0.0347. The number of fused-ring (bicyclic) bond motifs is 1. The maximum atomic E-state index is 12.8. The molecule has 0 aliphatic rings. The monoisotopic (exact) mass is 317 g/mol. The molecular weight excluding hydrogens is 307 g/mol. The van der Waals surface area contributed by atoms with Gasteiger partial charge in [0.05, 0.1) is 17.2 Å². The van der Waals surface area contributed by atoms with Crippen molar-refractivity contribution in [3.63, 3.8) is 0 Å². The number of rotatable bonds is 2. The van der Waals surface area contributed by atoms with Gasteiger partial charge < -0.3 is 15.5 Å². The van der Waals surface area contributed by atoms with Gasteiger partial charge in [0.15, 0.2) is 0 Å². The van der Waals surface area contributed by atoms with Crippen molar-refractivity contribution in [2.24, 2.45) is 0 Å². The summed E-state index contributed by atoms with van der Waals surface area (Å²) in [6.07, 6.45) is -4.43. The van der Waals surface area contributed by atoms with Crippen molar-refractivity contribution < 1.29 is 17.6 Å². The fraction of sp³-hybridized carbons (Fsp3) is 0.0625. The standard InChI is InChI=1S/C16H10F3N3O/c17-16(18,19)10-2-1-3-11(7-10)22-14-12-5-4-9(8-20)6-13(12)23-15(14)21/h1-7,22H,21H2. The number of nitrogens with zero attached hydrogens (tertiary/aromatic N) is 1. The number of hydrogen-bond acceptors (Lipinski definition) is 4. The van der Waals surface area contributed by atoms with Crippen LogP contribution in [-0.2, 0) is 6.18 Å². The second kappa shape index (κ2) is 5.25. The summed E-state index contributed by atoms with van der Waals surface area (Å²) < 4.78 is 43.6. The molecule has 0 saturated heterocycles. The predicted molar refractivity (Wildman–Crippen MR) is 80.1 cm³/mol. The Hall–Kier alpha value is -3.14. The van der Waals surface area contributed by atoms with E-state index in [0.29, 0.717) is 22.2 Å². The van der Waals surface area contributed by atoms with Crippen LogP contribution in [-0.4, -0.2) is 0 Å². The Balaban J connectivity index is 2.02. The summed E-state index contributed by atoms with van der Waals surface area (Å²) >= 11 is 0. The number of nitrogens with two attached hydrogens (primary N) is 1. The van der Waals surface area contributed by atoms with E-state index < -0.39 is 11.7 Å². The molecule has 3 rings (SSSR count). The van der Waals surface area contributed by atoms with Crippen LogP contribution in [0.4, 0.5) is 30.4 Å². The largest absolute Gasteiger partial charge is 0.439 e. The molecule has 0 radical (unpaired) electrons. The first-order valence-electron chi connectivity index (χ1n) is 6.55. The van der Waals surface area contributed by atoms with E-state index in [1.807, 2.05) is 6.07 Å². The lowest BCUT2D eigenvalue weighted by atomic mass is 10.1. The van der Waals surface area contributed by atoms with Gasteiger partial charge in [0.25, 0.3) is 0 Å². The highest BCUT2D eigenvalue weighted by Crippen LogP contribution is 2.37. The first-order valence-corrected chi connectivity index (χ1v) is 6.55. The van der Waals surface area contributed by atoms with E-state index in [1.165, 1.54) is 18.2 Å². The van der Waals surface area contributed by atoms with Crippen LogP contribution >= 0.6 is 0 Å². The number of nitrogen functional groups attached to an aromatic ring is 1. The quantitative estimate of drug-likeness (QED) is 0.721. The minimum atomic E-state index is -4.43. The average Bonchev–Trinajstić information content (AvgIpc) is 2.82. The highest BCUT2D eigenvalue weighted by molar-refractivity contribution is 5.98. The molecule has 0 bridgehead atoms. The van der Waals surface area contributed by atoms with Crippen LogP contribution in [0.5, 0.6) is 0 Å². The smallest absolute Gasteiger partial charge is 0.416 e. The van der Waals surface area contributed by atoms with Crippen LogP contribution < -0.4 is 11.1 Å². The average molecular weight is 317 g/mol. The molecular formula is C16H10F3N3O. The Kier molecular flexibility index (Phi) is 3.37. The molecule has 4 nitrogen and oxygen atoms in total. The summed E-state index contributed by atoms with van der Waals surface area (Å²) in [5, 5.41) is 12.3. The van der Waals surface area contributed by atoms with E-state index >= 15 is 0 Å². The summed E-state index contributed by atoms with van der Waals surface area (Å²) in [7, 11) is 0. The molecule has 2 aromatic carbocycles. The third-order valence-corrected chi connectivity index (χ3v) is 3.31. The summed E-state index contributed by atoms with van der Waals surface area (Å²) in [6.45, 7) is 0. The second-order valence-electron chi connectivity index (χ2n) is 4.87. The summed E-state index contributed by atoms with van der Waals surface area (Å²) in [5.41, 5.74) is 6.40. The van der Waals surface area contributed by atoms with E-state index in [9.17, 15) is 13.2 Å². The molecule has 0 amide bonds. The number of alkyl halides is 3. The Labute approximate surface area is 128 Å². The number of nitriles is 1. The van der Waals surface area contributed by atoms with Crippen molar-refractivity contribution in [1.29, 1.82) is 5.26 Å². The normalized spacial score (nSPS) is 11.4. The zero-order valence-electron chi connectivity index (χ0n) is 11.6. The Morgan fingerprint density at radius 3 is 2.61 bits per heavy atom. The zero-order chi connectivity index (χ0) is 16.6. The third kappa shape index (κ3) is 2.79. The number of anilines is 3. The first kappa shape index (κ1) is 14.8. The molecule has 0 aliphatic heterocycles. The molecule has 3 aromatic rings. The van der Waals surface area contributed by atoms with Crippen LogP contribution in [0.2, 0.25) is 0 Å². The molecule has 23 heavy (non-hydrogen) atoms. The van der Waals surface area contributed by atoms with Crippen molar-refractivity contribution in [3.8, 4) is 6.07 Å². The molecule has 3 N–H and O–H groups in total. The van der Waals surface area contributed by atoms with Crippen LogP contribution in [0.15, 0.2) is 46.9 Å². The summed E-state index contributed by atoms with van der Waals surface area (Å²) in [4.78, 5) is 0. The maximum absolute atomic E-state index is 12.8. The molecule has 0 aliphatic carbocycles. The van der Waals surface area contributed by atoms with Gasteiger partial charge in [-0.05, 0) is 36.4 Å². The SMILES string of the molecule is N#Cc1ccc2c(Nc3cccc(C(F)(F)F)c3)c(N)oc2c1. The molecule has 1 aromatic heterocycles. The maximum Gasteiger partial charge on any atom is 0.416 e. The van der Waals surface area contributed by atoms with Crippen LogP contribution in [0.3, 0.4) is 0 Å². The van der Waals surface area contributed by atoms with Crippen molar-refractivity contribution in [1.82, 2.24) is 0 Å². The van der Waals surface area contributed by atoms with Gasteiger partial charge in [0.1, 0.15) is 11.3 Å². The molecule has 116 valence electrons. The van der Waals surface area contributed by atoms with Crippen LogP contribution in [0.1, 0.15) is 11.1 Å². The number of nitrogens with one attached hydrogen (secondary N) is 1. The Morgan fingerprint density at radius 2 is 1.91 bits per heavy atom. The van der Waals surface area contributed by atoms with Crippen molar-refractivity contribution >= 4 is 28.2 Å². The highest BCUT2D eigenvalue weighted by Gasteiger charge is 2.30. The van der Waals surface area contributed by atoms with Gasteiger partial charge in [0.2, 0.25) is 5.88 Å². The lowest BCUT2D eigenvalue weighted by molar-refractivity contribution is -0.137. The topological polar surface area (TPSA) is 75.0 Å². The molecule has 0 unspecified atom stereocenters. The molecule has 0 spiro atoms. The molecule has 0 fully saturated rings. The number of halogens is 3. The van der Waals surface area contributed by atoms with Crippen molar-refractivity contribution in [2.45, 2.75) is 6.18 Å². The minimum Gasteiger partial charge on any atom is -0.439 e. The first-order chi connectivity index (χ1) is 10.9. The van der Waals surface area contributed by atoms with E-state index in [-0.39, 0.29) is 11.6 Å². The zero-order valence-corrected chi connectivity index (χ0v) is 11.6. The Bertz CT molecular complexity index is 922. The number of furan rings is 1. The van der Waals surface area contributed by atoms with E-state index in [1.54, 1.807) is 12.1 Å². The van der Waals surface area contributed by atoms with E-state index in [4.69, 9.17) is 15.4 Å². The van der Waals surface area contributed by atoms with Gasteiger partial charge >= 0.3 is 6.18 Å². The van der Waals surface area contributed by atoms with E-state index in [2.05, 4.69) is 5.32 Å². The fourth-order valence-electron chi connectivity index (χ4n) is 2.23. The Morgan fingerprint density at radius 1 is 1.13 bits per heavy atom. The van der Waals surface area contributed by atoms with Gasteiger partial charge in [-0.3, -0.25) is 0 Å². The van der Waals surface area contributed by atoms with Gasteiger partial charge in [-0.1, -0.05) is 6.07 Å². The highest BCUT2D eigenvalue weighted by atomic mass is 19.4. The van der Waals surface area contributed by atoms with Gasteiger partial charge in [-0.15, -0.1) is 0 Å². The lowest BCUT2D eigenvalue weighted by Crippen LogP contribution is -2.05. The second-order valence-corrected chi connectivity index (χ2v) is 4.87. The van der Waals surface area contributed by atoms with Crippen molar-refractivity contribution in [2.75, 3.05) is 11.1 Å². The molecule has 0 saturated carbocycles. The lowest BCUT2D eigenvalue weighted by Gasteiger charge is -2.10. The molecule has 1 heterocycles. The molecule has 0 atom stereocenters. The molecule has 7 heteroatoms. The van der Waals surface area contributed by atoms with Gasteiger partial charge in [-0.25, -0.2) is 0 Å². The summed E-state index contributed by atoms with van der Waals surface area (Å²) in [5.74, 6) is 0.0347. The van der Waals surface area contributed by atoms with Crippen molar-refractivity contribution in [3.05, 3.63) is 53.6 Å². The van der Waals surface area contributed by atoms with Crippen LogP contribution in [0, 0.1) is 11.3 Å². The van der Waals surface area contributed by atoms with Gasteiger partial charge in [-0.2, -0.15) is 18.4 Å². The number of benzene rings is 2. The fourth-order valence-corrected chi connectivity index (χ4v) is 2.23. The third-order valence-electron chi connectivity index (χ3n) is 3.31.